The number of nitrogens with one attached hydrogen (secondary N) is 1. The molecule has 2 atom stereocenters. The van der Waals surface area contributed by atoms with Crippen LogP contribution >= 0.6 is 0 Å². The van der Waals surface area contributed by atoms with E-state index in [9.17, 15) is 9.00 Å². The lowest BCUT2D eigenvalue weighted by atomic mass is 9.83. The maximum absolute atomic E-state index is 13.0. The van der Waals surface area contributed by atoms with Crippen LogP contribution in [0.1, 0.15) is 48.8 Å². The third kappa shape index (κ3) is 6.07. The molecule has 0 bridgehead atoms. The molecule has 2 aromatic heterocycles. The van der Waals surface area contributed by atoms with Crippen molar-refractivity contribution in [2.24, 2.45) is 0 Å². The molecule has 1 aromatic carbocycles. The SMILES string of the molecule is Cc1cc(-n2cccn2)cn(C(CNS(C)=O)COC2CCC(c3ccccc3)CC2)c1=O. The summed E-state index contributed by atoms with van der Waals surface area (Å²) in [6.45, 7) is 2.57. The summed E-state index contributed by atoms with van der Waals surface area (Å²) >= 11 is 0. The molecule has 7 nitrogen and oxygen atoms in total. The molecule has 1 aliphatic carbocycles. The lowest BCUT2D eigenvalue weighted by Gasteiger charge is -2.30. The first-order chi connectivity index (χ1) is 16.0. The second-order valence-corrected chi connectivity index (χ2v) is 9.92. The van der Waals surface area contributed by atoms with Gasteiger partial charge >= 0.3 is 0 Å². The second kappa shape index (κ2) is 11.0. The van der Waals surface area contributed by atoms with E-state index in [1.54, 1.807) is 28.6 Å². The van der Waals surface area contributed by atoms with Crippen molar-refractivity contribution in [1.29, 1.82) is 0 Å². The number of pyridine rings is 1. The van der Waals surface area contributed by atoms with Crippen molar-refractivity contribution in [2.75, 3.05) is 19.4 Å². The van der Waals surface area contributed by atoms with Gasteiger partial charge in [0.15, 0.2) is 0 Å². The van der Waals surface area contributed by atoms with Gasteiger partial charge in [-0.1, -0.05) is 30.3 Å². The Morgan fingerprint density at radius 2 is 1.94 bits per heavy atom. The normalized spacial score (nSPS) is 20.4. The third-order valence-electron chi connectivity index (χ3n) is 6.36. The van der Waals surface area contributed by atoms with Gasteiger partial charge in [-0.25, -0.2) is 13.6 Å². The van der Waals surface area contributed by atoms with Crippen molar-refractivity contribution in [2.45, 2.75) is 50.7 Å². The number of aromatic nitrogens is 3. The van der Waals surface area contributed by atoms with Crippen molar-refractivity contribution < 1.29 is 8.95 Å². The summed E-state index contributed by atoms with van der Waals surface area (Å²) < 4.78 is 24.4. The number of hydrogen-bond donors (Lipinski definition) is 1. The lowest BCUT2D eigenvalue weighted by Crippen LogP contribution is -2.37. The molecule has 2 unspecified atom stereocenters. The van der Waals surface area contributed by atoms with Crippen LogP contribution in [-0.4, -0.2) is 44.1 Å². The summed E-state index contributed by atoms with van der Waals surface area (Å²) in [6.07, 6.45) is 11.3. The predicted octanol–water partition coefficient (Wildman–Crippen LogP) is 3.51. The summed E-state index contributed by atoms with van der Waals surface area (Å²) in [4.78, 5) is 13.0. The largest absolute Gasteiger partial charge is 0.376 e. The fourth-order valence-electron chi connectivity index (χ4n) is 4.53. The molecule has 0 aliphatic heterocycles. The molecule has 4 rings (SSSR count). The van der Waals surface area contributed by atoms with Crippen LogP contribution in [0.15, 0.2) is 65.8 Å². The zero-order chi connectivity index (χ0) is 23.2. The molecule has 1 saturated carbocycles. The van der Waals surface area contributed by atoms with Crippen molar-refractivity contribution in [3.8, 4) is 5.69 Å². The highest BCUT2D eigenvalue weighted by Crippen LogP contribution is 2.34. The highest BCUT2D eigenvalue weighted by Gasteiger charge is 2.24. The Kier molecular flexibility index (Phi) is 7.90. The van der Waals surface area contributed by atoms with Gasteiger partial charge in [-0.2, -0.15) is 5.10 Å². The minimum absolute atomic E-state index is 0.0732. The Hall–Kier alpha value is -2.55. The second-order valence-electron chi connectivity index (χ2n) is 8.72. The molecular formula is C25H32N4O3S. The van der Waals surface area contributed by atoms with Crippen molar-refractivity contribution >= 4 is 11.0 Å². The number of rotatable bonds is 9. The van der Waals surface area contributed by atoms with E-state index in [-0.39, 0.29) is 17.7 Å². The van der Waals surface area contributed by atoms with Gasteiger partial charge in [0.05, 0.1) is 35.4 Å². The quantitative estimate of drug-likeness (QED) is 0.521. The van der Waals surface area contributed by atoms with Gasteiger partial charge in [-0.15, -0.1) is 0 Å². The Morgan fingerprint density at radius 1 is 1.18 bits per heavy atom. The molecule has 0 spiro atoms. The number of ether oxygens (including phenoxy) is 1. The van der Waals surface area contributed by atoms with E-state index < -0.39 is 11.0 Å². The van der Waals surface area contributed by atoms with Gasteiger partial charge in [0, 0.05) is 37.0 Å². The molecule has 0 amide bonds. The van der Waals surface area contributed by atoms with Crippen LogP contribution < -0.4 is 10.3 Å². The minimum Gasteiger partial charge on any atom is -0.376 e. The molecule has 8 heteroatoms. The lowest BCUT2D eigenvalue weighted by molar-refractivity contribution is 0.00737. The van der Waals surface area contributed by atoms with Gasteiger partial charge in [0.1, 0.15) is 0 Å². The van der Waals surface area contributed by atoms with Crippen molar-refractivity contribution in [3.63, 3.8) is 0 Å². The van der Waals surface area contributed by atoms with E-state index in [4.69, 9.17) is 4.74 Å². The average molecular weight is 469 g/mol. The average Bonchev–Trinajstić information content (AvgIpc) is 3.37. The summed E-state index contributed by atoms with van der Waals surface area (Å²) in [7, 11) is -1.18. The molecule has 33 heavy (non-hydrogen) atoms. The summed E-state index contributed by atoms with van der Waals surface area (Å²) in [5, 5.41) is 4.29. The van der Waals surface area contributed by atoms with Crippen LogP contribution in [0.3, 0.4) is 0 Å². The fourth-order valence-corrected chi connectivity index (χ4v) is 4.96. The van der Waals surface area contributed by atoms with E-state index in [0.29, 0.717) is 24.6 Å². The van der Waals surface area contributed by atoms with Gasteiger partial charge < -0.3 is 9.30 Å². The smallest absolute Gasteiger partial charge is 0.253 e. The molecule has 1 fully saturated rings. The number of hydrogen-bond acceptors (Lipinski definition) is 4. The van der Waals surface area contributed by atoms with Gasteiger partial charge in [-0.3, -0.25) is 4.79 Å². The summed E-state index contributed by atoms with van der Waals surface area (Å²) in [6, 6.07) is 14.1. The predicted molar refractivity (Wildman–Crippen MR) is 131 cm³/mol. The topological polar surface area (TPSA) is 78.2 Å². The molecule has 2 heterocycles. The highest BCUT2D eigenvalue weighted by atomic mass is 32.2. The number of nitrogens with zero attached hydrogens (tertiary/aromatic N) is 3. The van der Waals surface area contributed by atoms with Gasteiger partial charge in [0.2, 0.25) is 0 Å². The molecular weight excluding hydrogens is 436 g/mol. The maximum Gasteiger partial charge on any atom is 0.253 e. The first-order valence-corrected chi connectivity index (χ1v) is 13.0. The number of aryl methyl sites for hydroxylation is 1. The molecule has 1 aliphatic rings. The zero-order valence-electron chi connectivity index (χ0n) is 19.2. The minimum atomic E-state index is -1.18. The van der Waals surface area contributed by atoms with E-state index >= 15 is 0 Å². The Labute approximate surface area is 197 Å². The van der Waals surface area contributed by atoms with E-state index in [1.165, 1.54) is 5.56 Å². The molecule has 1 N–H and O–H groups in total. The molecule has 176 valence electrons. The van der Waals surface area contributed by atoms with E-state index in [1.807, 2.05) is 24.5 Å². The Balaban J connectivity index is 1.46. The molecule has 3 aromatic rings. The first kappa shape index (κ1) is 23.6. The fraction of sp³-hybridized carbons (Fsp3) is 0.440. The van der Waals surface area contributed by atoms with Crippen LogP contribution in [0.2, 0.25) is 0 Å². The van der Waals surface area contributed by atoms with E-state index in [2.05, 4.69) is 40.2 Å². The van der Waals surface area contributed by atoms with Gasteiger partial charge in [0.25, 0.3) is 5.56 Å². The monoisotopic (exact) mass is 468 g/mol. The standard InChI is InChI=1S/C25H32N4O3S/c1-19-15-22(29-14-6-13-26-29)17-28(25(19)30)23(16-27-33(2)31)18-32-24-11-9-21(10-12-24)20-7-4-3-5-8-20/h3-8,13-15,17,21,23-24,27H,9-12,16,18H2,1-2H3. The number of benzene rings is 1. The van der Waals surface area contributed by atoms with Crippen LogP contribution in [0, 0.1) is 6.92 Å². The first-order valence-electron chi connectivity index (χ1n) is 11.5. The van der Waals surface area contributed by atoms with Crippen molar-refractivity contribution in [3.05, 3.63) is 82.5 Å². The summed E-state index contributed by atoms with van der Waals surface area (Å²) in [5.74, 6) is 0.585. The van der Waals surface area contributed by atoms with Crippen LogP contribution in [0.4, 0.5) is 0 Å². The van der Waals surface area contributed by atoms with Crippen molar-refractivity contribution in [1.82, 2.24) is 19.1 Å². The van der Waals surface area contributed by atoms with Crippen LogP contribution in [0.25, 0.3) is 5.69 Å². The van der Waals surface area contributed by atoms with Gasteiger partial charge in [-0.05, 0) is 56.2 Å². The maximum atomic E-state index is 13.0. The third-order valence-corrected chi connectivity index (χ3v) is 6.93. The molecule has 0 radical (unpaired) electrons. The Bertz CT molecular complexity index is 1110. The molecule has 0 saturated heterocycles. The Morgan fingerprint density at radius 3 is 2.61 bits per heavy atom. The van der Waals surface area contributed by atoms with E-state index in [0.717, 1.165) is 31.4 Å². The zero-order valence-corrected chi connectivity index (χ0v) is 20.0. The van der Waals surface area contributed by atoms with Crippen LogP contribution in [-0.2, 0) is 15.7 Å². The summed E-state index contributed by atoms with van der Waals surface area (Å²) in [5.41, 5.74) is 2.77. The highest BCUT2D eigenvalue weighted by molar-refractivity contribution is 7.82. The van der Waals surface area contributed by atoms with Crippen LogP contribution in [0.5, 0.6) is 0 Å².